The number of aliphatic carboxylic acids is 1. The van der Waals surface area contributed by atoms with Gasteiger partial charge < -0.3 is 96.9 Å². The number of primary amides is 2. The molecule has 1 fully saturated rings. The first-order chi connectivity index (χ1) is 48.7. The zero-order valence-electron chi connectivity index (χ0n) is 59.4. The van der Waals surface area contributed by atoms with E-state index in [4.69, 9.17) is 28.7 Å². The van der Waals surface area contributed by atoms with Crippen LogP contribution in [0.15, 0.2) is 89.9 Å². The van der Waals surface area contributed by atoms with Crippen LogP contribution in [0.3, 0.4) is 0 Å². The van der Waals surface area contributed by atoms with Crippen LogP contribution in [0.5, 0.6) is 5.75 Å². The van der Waals surface area contributed by atoms with Gasteiger partial charge >= 0.3 is 5.97 Å². The average Bonchev–Trinajstić information content (AvgIpc) is 1.74. The molecule has 33 nitrogen and oxygen atoms in total. The second-order valence-electron chi connectivity index (χ2n) is 26.4. The number of carboxylic acid groups (broad SMARTS) is 1. The molecule has 1 heterocycles. The van der Waals surface area contributed by atoms with Crippen LogP contribution in [0, 0.1) is 17.8 Å². The van der Waals surface area contributed by atoms with Crippen molar-refractivity contribution in [2.45, 2.75) is 198 Å². The number of hydrogen-bond donors (Lipinski definition) is 17. The number of aromatic hydroxyl groups is 1. The molecule has 3 aromatic carbocycles. The number of carbonyl (C=O) groups is 14. The van der Waals surface area contributed by atoms with E-state index in [1.165, 1.54) is 36.1 Å². The number of phenolic OH excluding ortho intramolecular Hbond substituents is 1. The number of likely N-dealkylation sites (tertiary alicyclic amines) is 1. The normalized spacial score (nSPS) is 15.8. The maximum atomic E-state index is 14.6. The summed E-state index contributed by atoms with van der Waals surface area (Å²) < 4.78 is 0. The van der Waals surface area contributed by atoms with Crippen molar-refractivity contribution in [3.05, 3.63) is 102 Å². The second-order valence-corrected chi connectivity index (χ2v) is 26.4. The van der Waals surface area contributed by atoms with Gasteiger partial charge in [-0.1, -0.05) is 121 Å². The minimum absolute atomic E-state index is 0.0196. The van der Waals surface area contributed by atoms with Gasteiger partial charge in [0.2, 0.25) is 76.8 Å². The highest BCUT2D eigenvalue weighted by molar-refractivity contribution is 5.99. The van der Waals surface area contributed by atoms with E-state index in [0.29, 0.717) is 24.0 Å². The Balaban J connectivity index is 1.51. The fourth-order valence-corrected chi connectivity index (χ4v) is 11.2. The van der Waals surface area contributed by atoms with Gasteiger partial charge in [0, 0.05) is 38.8 Å². The van der Waals surface area contributed by atoms with E-state index in [9.17, 15) is 77.3 Å². The average molecular weight is 1440 g/mol. The van der Waals surface area contributed by atoms with E-state index in [0.717, 1.165) is 5.56 Å². The molecule has 0 unspecified atom stereocenters. The van der Waals surface area contributed by atoms with Crippen molar-refractivity contribution in [2.24, 2.45) is 51.4 Å². The first kappa shape index (κ1) is 84.7. The highest BCUT2D eigenvalue weighted by atomic mass is 16.4. The number of nitrogens with one attached hydrogen (secondary N) is 10. The lowest BCUT2D eigenvalue weighted by atomic mass is 9.96. The van der Waals surface area contributed by atoms with Crippen molar-refractivity contribution < 1.29 is 77.3 Å². The molecule has 0 saturated carbocycles. The smallest absolute Gasteiger partial charge is 0.303 e. The Bertz CT molecular complexity index is 3430. The molecule has 0 radical (unpaired) electrons. The maximum Gasteiger partial charge on any atom is 0.303 e. The van der Waals surface area contributed by atoms with Crippen LogP contribution >= 0.6 is 0 Å². The Kier molecular flexibility index (Phi) is 35.0. The van der Waals surface area contributed by atoms with Crippen LogP contribution in [0.1, 0.15) is 129 Å². The maximum absolute atomic E-state index is 14.6. The molecular weight excluding hydrogens is 1330 g/mol. The number of phenols is 1. The minimum Gasteiger partial charge on any atom is -0.508 e. The lowest BCUT2D eigenvalue weighted by Crippen LogP contribution is -2.61. The van der Waals surface area contributed by atoms with Crippen LogP contribution in [0.2, 0.25) is 0 Å². The van der Waals surface area contributed by atoms with Gasteiger partial charge in [0.25, 0.3) is 0 Å². The summed E-state index contributed by atoms with van der Waals surface area (Å²) in [5.41, 5.74) is 29.7. The van der Waals surface area contributed by atoms with Gasteiger partial charge in [0.15, 0.2) is 5.96 Å². The molecule has 33 heteroatoms. The van der Waals surface area contributed by atoms with E-state index in [1.807, 2.05) is 30.3 Å². The van der Waals surface area contributed by atoms with E-state index in [1.54, 1.807) is 71.9 Å². The molecule has 1 saturated heterocycles. The molecule has 1 aliphatic rings. The fourth-order valence-electron chi connectivity index (χ4n) is 11.2. The number of nitrogens with zero attached hydrogens (tertiary/aromatic N) is 2. The van der Waals surface area contributed by atoms with Crippen molar-refractivity contribution in [3.8, 4) is 5.75 Å². The number of nitrogens with two attached hydrogens (primary N) is 5. The summed E-state index contributed by atoms with van der Waals surface area (Å²) in [5.74, 6) is -13.9. The SMILES string of the molecule is CC[C@H](C)[C@H](NC(=O)[C@@H]1CCCN1C(=O)[C@@H](NC(=O)[C@@H](N)Cc1ccccc1)C(C)C)C(=O)N[C@@H](Cc1ccccc1)C(=O)N[C@@H](C)C(=O)N[C@@H](Cc1ccc(O)cc1)C(=O)NCC(=O)N[C@@H](CCC(=O)O)C(=O)N[C@@H](CC(C)C)C(=O)N[C@@H](CCC(N)=O)C(=O)N[C@@H](CCCN=C(N)N)C(N)=O. The van der Waals surface area contributed by atoms with E-state index in [2.05, 4.69) is 58.2 Å². The lowest BCUT2D eigenvalue weighted by Gasteiger charge is -2.33. The number of amides is 13. The molecule has 103 heavy (non-hydrogen) atoms. The third kappa shape index (κ3) is 29.4. The van der Waals surface area contributed by atoms with Crippen molar-refractivity contribution in [3.63, 3.8) is 0 Å². The Morgan fingerprint density at radius 3 is 1.61 bits per heavy atom. The number of aliphatic imine (C=N–C) groups is 1. The number of benzene rings is 3. The molecule has 564 valence electrons. The largest absolute Gasteiger partial charge is 0.508 e. The number of carboxylic acids is 1. The van der Waals surface area contributed by atoms with Gasteiger partial charge in [-0.25, -0.2) is 0 Å². The number of rotatable bonds is 43. The van der Waals surface area contributed by atoms with Crippen molar-refractivity contribution in [1.29, 1.82) is 0 Å². The number of carbonyl (C=O) groups excluding carboxylic acids is 13. The topological polar surface area (TPSA) is 545 Å². The molecule has 22 N–H and O–H groups in total. The lowest BCUT2D eigenvalue weighted by molar-refractivity contribution is -0.143. The summed E-state index contributed by atoms with van der Waals surface area (Å²) in [7, 11) is 0. The molecule has 4 rings (SSSR count). The standard InChI is InChI=1S/C70H103N17O16/c1-8-40(6)58(86-67(101)53-22-16-32-87(53)69(103)57(39(4)5)85-61(95)46(71)34-42-17-11-9-12-18-42)68(102)84-52(35-43-19-13-10-14-20-43)65(99)78-41(7)60(94)82-51(36-44-23-25-45(88)26-24-44)62(96)77-37-55(90)79-48(28-30-56(91)92)63(97)83-50(33-38(2)3)66(100)81-49(27-29-54(72)89)64(98)80-47(59(73)93)21-15-31-76-70(74)75/h9-14,17-20,23-26,38-41,46-53,57-58,88H,8,15-16,21-22,27-37,71H2,1-7H3,(H2,72,89)(H2,73,93)(H,77,96)(H,78,99)(H,79,90)(H,80,98)(H,81,100)(H,82,94)(H,83,97)(H,84,102)(H,85,95)(H,86,101)(H,91,92)(H4,74,75,76)/t40-,41-,46-,47-,48-,49-,50-,51-,52-,53-,57-,58-/m0/s1. The molecule has 0 spiro atoms. The number of guanidine groups is 1. The number of hydrogen-bond acceptors (Lipinski definition) is 17. The zero-order valence-corrected chi connectivity index (χ0v) is 59.4. The summed E-state index contributed by atoms with van der Waals surface area (Å²) in [6, 6.07) is 8.80. The van der Waals surface area contributed by atoms with Crippen molar-refractivity contribution in [1.82, 2.24) is 58.1 Å². The second kappa shape index (κ2) is 42.5. The van der Waals surface area contributed by atoms with Crippen LogP contribution < -0.4 is 81.8 Å². The Morgan fingerprint density at radius 1 is 0.544 bits per heavy atom. The van der Waals surface area contributed by atoms with Gasteiger partial charge in [0.05, 0.1) is 12.6 Å². The Labute approximate surface area is 598 Å². The molecule has 0 aliphatic carbocycles. The molecule has 0 bridgehead atoms. The quantitative estimate of drug-likeness (QED) is 0.0160. The van der Waals surface area contributed by atoms with Crippen LogP contribution in [-0.2, 0) is 86.4 Å². The third-order valence-electron chi connectivity index (χ3n) is 17.2. The first-order valence-electron chi connectivity index (χ1n) is 34.4. The molecule has 3 aromatic rings. The summed E-state index contributed by atoms with van der Waals surface area (Å²) in [4.78, 5) is 196. The Hall–Kier alpha value is -10.7. The molecule has 12 atom stereocenters. The van der Waals surface area contributed by atoms with Gasteiger partial charge in [-0.2, -0.15) is 0 Å². The van der Waals surface area contributed by atoms with Crippen LogP contribution in [-0.4, -0.2) is 190 Å². The molecule has 13 amide bonds. The first-order valence-corrected chi connectivity index (χ1v) is 34.4. The van der Waals surface area contributed by atoms with E-state index in [-0.39, 0.29) is 82.1 Å². The fraction of sp³-hybridized carbons (Fsp3) is 0.529. The van der Waals surface area contributed by atoms with Crippen molar-refractivity contribution in [2.75, 3.05) is 19.6 Å². The van der Waals surface area contributed by atoms with Crippen molar-refractivity contribution >= 4 is 88.7 Å². The zero-order chi connectivity index (χ0) is 76.6. The predicted molar refractivity (Wildman–Crippen MR) is 379 cm³/mol. The van der Waals surface area contributed by atoms with Gasteiger partial charge in [-0.15, -0.1) is 0 Å². The summed E-state index contributed by atoms with van der Waals surface area (Å²) in [5, 5.41) is 45.5. The highest BCUT2D eigenvalue weighted by Gasteiger charge is 2.42. The summed E-state index contributed by atoms with van der Waals surface area (Å²) >= 11 is 0. The summed E-state index contributed by atoms with van der Waals surface area (Å²) in [6.07, 6.45) is -0.965. The monoisotopic (exact) mass is 1440 g/mol. The van der Waals surface area contributed by atoms with Gasteiger partial charge in [0.1, 0.15) is 66.2 Å². The third-order valence-corrected chi connectivity index (χ3v) is 17.2. The molecular formula is C70H103N17O16. The predicted octanol–water partition coefficient (Wildman–Crippen LogP) is -2.34. The minimum atomic E-state index is -1.67. The molecule has 1 aliphatic heterocycles. The van der Waals surface area contributed by atoms with Crippen LogP contribution in [0.25, 0.3) is 0 Å². The summed E-state index contributed by atoms with van der Waals surface area (Å²) in [6.45, 7) is 11.1. The van der Waals surface area contributed by atoms with E-state index >= 15 is 0 Å². The van der Waals surface area contributed by atoms with Crippen LogP contribution in [0.4, 0.5) is 0 Å². The Morgan fingerprint density at radius 2 is 1.06 bits per heavy atom. The highest BCUT2D eigenvalue weighted by Crippen LogP contribution is 2.23. The van der Waals surface area contributed by atoms with E-state index < -0.39 is 187 Å². The van der Waals surface area contributed by atoms with Gasteiger partial charge in [-0.05, 0) is 105 Å². The molecule has 0 aromatic heterocycles. The van der Waals surface area contributed by atoms with Gasteiger partial charge in [-0.3, -0.25) is 72.1 Å².